The molecule has 2 heterocycles. The minimum atomic E-state index is -0.0445. The van der Waals surface area contributed by atoms with Gasteiger partial charge in [0.25, 0.3) is 0 Å². The lowest BCUT2D eigenvalue weighted by Gasteiger charge is -2.24. The molecule has 0 unspecified atom stereocenters. The van der Waals surface area contributed by atoms with Crippen LogP contribution < -0.4 is 10.1 Å². The number of carbonyl (C=O) groups is 1. The number of benzene rings is 1. The zero-order chi connectivity index (χ0) is 17.8. The summed E-state index contributed by atoms with van der Waals surface area (Å²) in [7, 11) is 3.78. The van der Waals surface area contributed by atoms with Crippen LogP contribution in [-0.2, 0) is 18.4 Å². The van der Waals surface area contributed by atoms with Crippen molar-refractivity contribution in [2.45, 2.75) is 19.4 Å². The topological polar surface area (TPSA) is 59.4 Å². The molecule has 1 saturated heterocycles. The van der Waals surface area contributed by atoms with Gasteiger partial charge in [-0.05, 0) is 30.2 Å². The molecule has 134 valence electrons. The molecule has 0 bridgehead atoms. The van der Waals surface area contributed by atoms with Gasteiger partial charge in [-0.3, -0.25) is 9.48 Å². The van der Waals surface area contributed by atoms with E-state index >= 15 is 0 Å². The number of ether oxygens (including phenoxy) is 1. The summed E-state index contributed by atoms with van der Waals surface area (Å²) >= 11 is 0. The average Bonchev–Trinajstić information content (AvgIpc) is 3.24. The number of nitrogens with one attached hydrogen (secondary N) is 1. The van der Waals surface area contributed by atoms with Crippen LogP contribution in [0.3, 0.4) is 0 Å². The molecule has 6 heteroatoms. The second-order valence-electron chi connectivity index (χ2n) is 6.59. The van der Waals surface area contributed by atoms with Gasteiger partial charge >= 0.3 is 0 Å². The van der Waals surface area contributed by atoms with E-state index < -0.39 is 0 Å². The lowest BCUT2D eigenvalue weighted by molar-refractivity contribution is -0.134. The number of rotatable bonds is 6. The number of carbonyl (C=O) groups excluding carboxylic acids is 1. The van der Waals surface area contributed by atoms with Crippen molar-refractivity contribution in [2.75, 3.05) is 26.7 Å². The van der Waals surface area contributed by atoms with Gasteiger partial charge in [-0.1, -0.05) is 12.1 Å². The molecular formula is C19H26N4O2. The van der Waals surface area contributed by atoms with Crippen molar-refractivity contribution >= 4 is 5.91 Å². The zero-order valence-corrected chi connectivity index (χ0v) is 15.1. The van der Waals surface area contributed by atoms with Gasteiger partial charge in [-0.2, -0.15) is 5.10 Å². The largest absolute Gasteiger partial charge is 0.494 e. The number of nitrogens with zero attached hydrogens (tertiary/aromatic N) is 3. The highest BCUT2D eigenvalue weighted by Gasteiger charge is 2.36. The second-order valence-corrected chi connectivity index (χ2v) is 6.59. The molecular weight excluding hydrogens is 316 g/mol. The van der Waals surface area contributed by atoms with Gasteiger partial charge in [-0.25, -0.2) is 0 Å². The normalized spacial score (nSPS) is 19.8. The molecule has 1 N–H and O–H groups in total. The van der Waals surface area contributed by atoms with Crippen molar-refractivity contribution in [2.24, 2.45) is 13.0 Å². The lowest BCUT2D eigenvalue weighted by Crippen LogP contribution is -2.35. The number of aryl methyl sites for hydroxylation is 1. The Labute approximate surface area is 148 Å². The van der Waals surface area contributed by atoms with E-state index in [2.05, 4.69) is 10.4 Å². The van der Waals surface area contributed by atoms with Crippen molar-refractivity contribution in [1.29, 1.82) is 0 Å². The highest BCUT2D eigenvalue weighted by Crippen LogP contribution is 2.29. The van der Waals surface area contributed by atoms with E-state index in [9.17, 15) is 4.79 Å². The Kier molecular flexibility index (Phi) is 5.38. The molecule has 25 heavy (non-hydrogen) atoms. The maximum absolute atomic E-state index is 12.9. The fourth-order valence-electron chi connectivity index (χ4n) is 3.41. The molecule has 3 rings (SSSR count). The fourth-order valence-corrected chi connectivity index (χ4v) is 3.41. The first-order valence-corrected chi connectivity index (χ1v) is 8.74. The fraction of sp³-hybridized carbons (Fsp3) is 0.474. The maximum Gasteiger partial charge on any atom is 0.227 e. The molecule has 2 atom stereocenters. The summed E-state index contributed by atoms with van der Waals surface area (Å²) in [5.74, 6) is 1.17. The standard InChI is InChI=1S/C19H26N4O2/c1-4-25-16-7-5-14(6-8-16)12-22(2)19(24)18-11-20-10-17(18)15-9-21-23(3)13-15/h5-9,13,17-18,20H,4,10-12H2,1-3H3/t17-,18+/m1/s1. The van der Waals surface area contributed by atoms with Gasteiger partial charge in [-0.15, -0.1) is 0 Å². The summed E-state index contributed by atoms with van der Waals surface area (Å²) in [6, 6.07) is 7.93. The quantitative estimate of drug-likeness (QED) is 0.869. The van der Waals surface area contributed by atoms with E-state index in [1.807, 2.05) is 62.6 Å². The van der Waals surface area contributed by atoms with Crippen molar-refractivity contribution < 1.29 is 9.53 Å². The van der Waals surface area contributed by atoms with Crippen LogP contribution in [0.2, 0.25) is 0 Å². The molecule has 2 aromatic rings. The van der Waals surface area contributed by atoms with Gasteiger partial charge in [0.05, 0.1) is 18.7 Å². The van der Waals surface area contributed by atoms with Crippen molar-refractivity contribution in [3.05, 3.63) is 47.8 Å². The van der Waals surface area contributed by atoms with Crippen LogP contribution in [-0.4, -0.2) is 47.3 Å². The van der Waals surface area contributed by atoms with Gasteiger partial charge in [0.1, 0.15) is 5.75 Å². The van der Waals surface area contributed by atoms with Gasteiger partial charge in [0.2, 0.25) is 5.91 Å². The van der Waals surface area contributed by atoms with E-state index in [0.717, 1.165) is 23.4 Å². The molecule has 0 saturated carbocycles. The van der Waals surface area contributed by atoms with Crippen LogP contribution in [0.4, 0.5) is 0 Å². The molecule has 6 nitrogen and oxygen atoms in total. The average molecular weight is 342 g/mol. The molecule has 1 aromatic carbocycles. The molecule has 0 aliphatic carbocycles. The summed E-state index contributed by atoms with van der Waals surface area (Å²) in [5, 5.41) is 7.59. The van der Waals surface area contributed by atoms with Crippen LogP contribution in [0.1, 0.15) is 24.0 Å². The minimum Gasteiger partial charge on any atom is -0.494 e. The Hall–Kier alpha value is -2.34. The van der Waals surface area contributed by atoms with Crippen LogP contribution in [0.15, 0.2) is 36.7 Å². The van der Waals surface area contributed by atoms with Gasteiger partial charge < -0.3 is 15.0 Å². The number of hydrogen-bond donors (Lipinski definition) is 1. The monoisotopic (exact) mass is 342 g/mol. The Balaban J connectivity index is 1.65. The highest BCUT2D eigenvalue weighted by atomic mass is 16.5. The summed E-state index contributed by atoms with van der Waals surface area (Å²) in [6.45, 7) is 4.75. The lowest BCUT2D eigenvalue weighted by atomic mass is 9.90. The Morgan fingerprint density at radius 1 is 1.36 bits per heavy atom. The van der Waals surface area contributed by atoms with E-state index in [0.29, 0.717) is 19.7 Å². The molecule has 1 aliphatic rings. The molecule has 1 fully saturated rings. The van der Waals surface area contributed by atoms with E-state index in [-0.39, 0.29) is 17.7 Å². The summed E-state index contributed by atoms with van der Waals surface area (Å²) in [4.78, 5) is 14.8. The predicted molar refractivity (Wildman–Crippen MR) is 96.4 cm³/mol. The SMILES string of the molecule is CCOc1ccc(CN(C)C(=O)[C@H]2CNC[C@@H]2c2cnn(C)c2)cc1. The van der Waals surface area contributed by atoms with E-state index in [1.54, 1.807) is 4.68 Å². The first-order valence-electron chi connectivity index (χ1n) is 8.74. The first-order chi connectivity index (χ1) is 12.1. The summed E-state index contributed by atoms with van der Waals surface area (Å²) in [6.07, 6.45) is 3.87. The summed E-state index contributed by atoms with van der Waals surface area (Å²) < 4.78 is 7.25. The third-order valence-electron chi connectivity index (χ3n) is 4.71. The Bertz CT molecular complexity index is 710. The van der Waals surface area contributed by atoms with Gasteiger partial charge in [0, 0.05) is 45.8 Å². The zero-order valence-electron chi connectivity index (χ0n) is 15.1. The minimum absolute atomic E-state index is 0.0445. The molecule has 1 aromatic heterocycles. The van der Waals surface area contributed by atoms with Crippen LogP contribution in [0.5, 0.6) is 5.75 Å². The van der Waals surface area contributed by atoms with Gasteiger partial charge in [0.15, 0.2) is 0 Å². The third-order valence-corrected chi connectivity index (χ3v) is 4.71. The molecule has 0 spiro atoms. The van der Waals surface area contributed by atoms with Crippen LogP contribution >= 0.6 is 0 Å². The highest BCUT2D eigenvalue weighted by molar-refractivity contribution is 5.80. The van der Waals surface area contributed by atoms with Crippen LogP contribution in [0.25, 0.3) is 0 Å². The first kappa shape index (κ1) is 17.5. The molecule has 1 aliphatic heterocycles. The third kappa shape index (κ3) is 4.02. The number of amides is 1. The van der Waals surface area contributed by atoms with E-state index in [1.165, 1.54) is 0 Å². The predicted octanol–water partition coefficient (Wildman–Crippen LogP) is 1.78. The molecule has 1 amide bonds. The maximum atomic E-state index is 12.9. The number of hydrogen-bond acceptors (Lipinski definition) is 4. The van der Waals surface area contributed by atoms with Crippen molar-refractivity contribution in [3.8, 4) is 5.75 Å². The van der Waals surface area contributed by atoms with Crippen molar-refractivity contribution in [3.63, 3.8) is 0 Å². The number of aromatic nitrogens is 2. The molecule has 0 radical (unpaired) electrons. The van der Waals surface area contributed by atoms with E-state index in [4.69, 9.17) is 4.74 Å². The summed E-state index contributed by atoms with van der Waals surface area (Å²) in [5.41, 5.74) is 2.23. The second kappa shape index (κ2) is 7.70. The van der Waals surface area contributed by atoms with Crippen LogP contribution in [0, 0.1) is 5.92 Å². The smallest absolute Gasteiger partial charge is 0.227 e. The Morgan fingerprint density at radius 3 is 2.76 bits per heavy atom. The Morgan fingerprint density at radius 2 is 2.12 bits per heavy atom. The van der Waals surface area contributed by atoms with Crippen molar-refractivity contribution in [1.82, 2.24) is 20.0 Å².